The topological polar surface area (TPSA) is 40.6 Å². The van der Waals surface area contributed by atoms with Crippen molar-refractivity contribution in [2.45, 2.75) is 26.3 Å². The van der Waals surface area contributed by atoms with E-state index in [0.29, 0.717) is 13.1 Å². The minimum absolute atomic E-state index is 0.00829. The fourth-order valence-corrected chi connectivity index (χ4v) is 1.76. The first-order valence-corrected chi connectivity index (χ1v) is 4.41. The maximum Gasteiger partial charge on any atom is 0.247 e. The molecular formula is C9H16N2O2. The molecule has 0 atom stereocenters. The molecule has 13 heavy (non-hydrogen) atoms. The Morgan fingerprint density at radius 1 is 1.38 bits per heavy atom. The second-order valence-electron chi connectivity index (χ2n) is 3.96. The molecule has 1 aliphatic rings. The highest BCUT2D eigenvalue weighted by Gasteiger charge is 2.41. The van der Waals surface area contributed by atoms with Gasteiger partial charge in [0.05, 0.1) is 0 Å². The number of nitrogens with zero attached hydrogens (tertiary/aromatic N) is 2. The predicted molar refractivity (Wildman–Crippen MR) is 49.1 cm³/mol. The van der Waals surface area contributed by atoms with Crippen molar-refractivity contribution in [2.75, 3.05) is 20.1 Å². The molecule has 1 saturated heterocycles. The zero-order chi connectivity index (χ0) is 10.2. The largest absolute Gasteiger partial charge is 0.342 e. The quantitative estimate of drug-likeness (QED) is 0.535. The van der Waals surface area contributed by atoms with E-state index < -0.39 is 5.54 Å². The summed E-state index contributed by atoms with van der Waals surface area (Å²) in [5.74, 6) is -0.0274. The van der Waals surface area contributed by atoms with Gasteiger partial charge in [-0.3, -0.25) is 9.59 Å². The molecule has 0 spiro atoms. The molecule has 0 saturated carbocycles. The van der Waals surface area contributed by atoms with Crippen molar-refractivity contribution in [3.05, 3.63) is 0 Å². The van der Waals surface area contributed by atoms with Crippen LogP contribution in [0.3, 0.4) is 0 Å². The van der Waals surface area contributed by atoms with Gasteiger partial charge in [-0.25, -0.2) is 0 Å². The van der Waals surface area contributed by atoms with Crippen LogP contribution in [0.1, 0.15) is 20.8 Å². The lowest BCUT2D eigenvalue weighted by atomic mass is 9.98. The number of likely N-dealkylation sites (N-methyl/N-ethyl adjacent to an activating group) is 1. The SMILES string of the molecule is CC(=O)N1CCN(C)C(=O)C1(C)C. The van der Waals surface area contributed by atoms with Crippen molar-refractivity contribution in [1.29, 1.82) is 0 Å². The van der Waals surface area contributed by atoms with Gasteiger partial charge in [-0.05, 0) is 13.8 Å². The first-order chi connectivity index (χ1) is 5.87. The fourth-order valence-electron chi connectivity index (χ4n) is 1.76. The zero-order valence-electron chi connectivity index (χ0n) is 8.63. The van der Waals surface area contributed by atoms with E-state index >= 15 is 0 Å². The summed E-state index contributed by atoms with van der Waals surface area (Å²) >= 11 is 0. The average Bonchev–Trinajstić information content (AvgIpc) is 1.99. The number of carbonyl (C=O) groups is 2. The van der Waals surface area contributed by atoms with Crippen molar-refractivity contribution in [1.82, 2.24) is 9.80 Å². The van der Waals surface area contributed by atoms with E-state index in [-0.39, 0.29) is 11.8 Å². The number of hydrogen-bond donors (Lipinski definition) is 0. The van der Waals surface area contributed by atoms with Crippen LogP contribution in [0.5, 0.6) is 0 Å². The van der Waals surface area contributed by atoms with E-state index in [1.165, 1.54) is 6.92 Å². The Hall–Kier alpha value is -1.06. The molecule has 74 valence electrons. The number of carbonyl (C=O) groups excluding carboxylic acids is 2. The van der Waals surface area contributed by atoms with E-state index in [1.54, 1.807) is 30.7 Å². The smallest absolute Gasteiger partial charge is 0.247 e. The summed E-state index contributed by atoms with van der Waals surface area (Å²) in [6, 6.07) is 0. The Morgan fingerprint density at radius 2 is 1.92 bits per heavy atom. The van der Waals surface area contributed by atoms with Gasteiger partial charge in [0, 0.05) is 27.1 Å². The van der Waals surface area contributed by atoms with Gasteiger partial charge in [0.25, 0.3) is 0 Å². The second kappa shape index (κ2) is 3.01. The second-order valence-corrected chi connectivity index (χ2v) is 3.96. The normalized spacial score (nSPS) is 22.0. The summed E-state index contributed by atoms with van der Waals surface area (Å²) in [7, 11) is 1.77. The van der Waals surface area contributed by atoms with E-state index in [0.717, 1.165) is 0 Å². The van der Waals surface area contributed by atoms with Gasteiger partial charge in [-0.1, -0.05) is 0 Å². The van der Waals surface area contributed by atoms with E-state index in [9.17, 15) is 9.59 Å². The zero-order valence-corrected chi connectivity index (χ0v) is 8.63. The number of rotatable bonds is 0. The van der Waals surface area contributed by atoms with E-state index in [2.05, 4.69) is 0 Å². The summed E-state index contributed by atoms with van der Waals surface area (Å²) in [5.41, 5.74) is -0.682. The standard InChI is InChI=1S/C9H16N2O2/c1-7(12)11-6-5-10(4)8(13)9(11,2)3/h5-6H2,1-4H3. The van der Waals surface area contributed by atoms with Crippen molar-refractivity contribution in [3.63, 3.8) is 0 Å². The molecule has 0 bridgehead atoms. The first kappa shape index (κ1) is 10.0. The Bertz CT molecular complexity index is 248. The number of piperazine rings is 1. The van der Waals surface area contributed by atoms with Crippen molar-refractivity contribution in [3.8, 4) is 0 Å². The molecule has 0 aromatic rings. The van der Waals surface area contributed by atoms with E-state index in [1.807, 2.05) is 0 Å². The monoisotopic (exact) mass is 184 g/mol. The predicted octanol–water partition coefficient (Wildman–Crippen LogP) is 0.0855. The summed E-state index contributed by atoms with van der Waals surface area (Å²) in [6.07, 6.45) is 0. The van der Waals surface area contributed by atoms with Gasteiger partial charge >= 0.3 is 0 Å². The molecule has 0 unspecified atom stereocenters. The number of amides is 2. The minimum Gasteiger partial charge on any atom is -0.342 e. The van der Waals surface area contributed by atoms with Crippen LogP contribution in [0.2, 0.25) is 0 Å². The van der Waals surface area contributed by atoms with Gasteiger partial charge in [0.2, 0.25) is 11.8 Å². The Kier molecular flexibility index (Phi) is 2.32. The van der Waals surface area contributed by atoms with Crippen molar-refractivity contribution < 1.29 is 9.59 Å². The third-order valence-electron chi connectivity index (χ3n) is 2.58. The third-order valence-corrected chi connectivity index (χ3v) is 2.58. The molecule has 0 aromatic carbocycles. The van der Waals surface area contributed by atoms with Crippen LogP contribution in [-0.2, 0) is 9.59 Å². The minimum atomic E-state index is -0.682. The van der Waals surface area contributed by atoms with Crippen molar-refractivity contribution in [2.24, 2.45) is 0 Å². The van der Waals surface area contributed by atoms with Gasteiger partial charge in [-0.15, -0.1) is 0 Å². The maximum absolute atomic E-state index is 11.7. The first-order valence-electron chi connectivity index (χ1n) is 4.41. The molecule has 2 amide bonds. The highest BCUT2D eigenvalue weighted by Crippen LogP contribution is 2.21. The summed E-state index contributed by atoms with van der Waals surface area (Å²) in [6.45, 7) is 6.32. The molecule has 1 fully saturated rings. The van der Waals surface area contributed by atoms with Gasteiger partial charge in [0.1, 0.15) is 5.54 Å². The van der Waals surface area contributed by atoms with Crippen LogP contribution in [-0.4, -0.2) is 47.3 Å². The molecule has 1 rings (SSSR count). The fraction of sp³-hybridized carbons (Fsp3) is 0.778. The van der Waals surface area contributed by atoms with Crippen molar-refractivity contribution >= 4 is 11.8 Å². The summed E-state index contributed by atoms with van der Waals surface area (Å²) in [4.78, 5) is 26.2. The molecule has 4 nitrogen and oxygen atoms in total. The highest BCUT2D eigenvalue weighted by molar-refractivity contribution is 5.91. The van der Waals surface area contributed by atoms with Crippen LogP contribution < -0.4 is 0 Å². The van der Waals surface area contributed by atoms with Gasteiger partial charge in [-0.2, -0.15) is 0 Å². The summed E-state index contributed by atoms with van der Waals surface area (Å²) in [5, 5.41) is 0. The highest BCUT2D eigenvalue weighted by atomic mass is 16.2. The average molecular weight is 184 g/mol. The lowest BCUT2D eigenvalue weighted by Crippen LogP contribution is -2.63. The van der Waals surface area contributed by atoms with Crippen LogP contribution in [0.15, 0.2) is 0 Å². The lowest BCUT2D eigenvalue weighted by molar-refractivity contribution is -0.156. The molecule has 0 N–H and O–H groups in total. The van der Waals surface area contributed by atoms with Crippen LogP contribution in [0.4, 0.5) is 0 Å². The molecular weight excluding hydrogens is 168 g/mol. The lowest BCUT2D eigenvalue weighted by Gasteiger charge is -2.44. The molecule has 0 radical (unpaired) electrons. The van der Waals surface area contributed by atoms with Gasteiger partial charge < -0.3 is 9.80 Å². The summed E-state index contributed by atoms with van der Waals surface area (Å²) < 4.78 is 0. The Balaban J connectivity index is 2.92. The van der Waals surface area contributed by atoms with E-state index in [4.69, 9.17) is 0 Å². The molecule has 0 aromatic heterocycles. The molecule has 1 aliphatic heterocycles. The Morgan fingerprint density at radius 3 is 2.38 bits per heavy atom. The maximum atomic E-state index is 11.7. The molecule has 4 heteroatoms. The van der Waals surface area contributed by atoms with Gasteiger partial charge in [0.15, 0.2) is 0 Å². The third kappa shape index (κ3) is 1.53. The van der Waals surface area contributed by atoms with Crippen LogP contribution in [0.25, 0.3) is 0 Å². The molecule has 1 heterocycles. The number of hydrogen-bond acceptors (Lipinski definition) is 2. The Labute approximate surface area is 78.5 Å². The molecule has 0 aliphatic carbocycles. The van der Waals surface area contributed by atoms with Crippen LogP contribution in [0, 0.1) is 0 Å². The van der Waals surface area contributed by atoms with Crippen LogP contribution >= 0.6 is 0 Å².